The number of rotatable bonds is 5. The van der Waals surface area contributed by atoms with Crippen LogP contribution in [0.1, 0.15) is 5.56 Å². The number of nitrogen functional groups attached to an aromatic ring is 1. The quantitative estimate of drug-likeness (QED) is 0.641. The summed E-state index contributed by atoms with van der Waals surface area (Å²) >= 11 is 7.21. The second kappa shape index (κ2) is 6.68. The highest BCUT2D eigenvalue weighted by Crippen LogP contribution is 2.31. The molecule has 7 nitrogen and oxygen atoms in total. The molecule has 0 aliphatic carbocycles. The molecule has 21 heavy (non-hydrogen) atoms. The Morgan fingerprint density at radius 3 is 2.95 bits per heavy atom. The molecule has 1 amide bonds. The average molecular weight is 328 g/mol. The fourth-order valence-corrected chi connectivity index (χ4v) is 2.37. The third kappa shape index (κ3) is 3.79. The van der Waals surface area contributed by atoms with Crippen molar-refractivity contribution in [3.05, 3.63) is 29.0 Å². The molecule has 2 rings (SSSR count). The molecule has 0 aliphatic heterocycles. The van der Waals surface area contributed by atoms with E-state index >= 15 is 0 Å². The lowest BCUT2D eigenvalue weighted by atomic mass is 10.2. The molecular formula is C12H14ClN5O2S. The van der Waals surface area contributed by atoms with Gasteiger partial charge in [0.15, 0.2) is 0 Å². The number of halogens is 1. The standard InChI is InChI=1S/C12H14ClN5O2S/c1-7-3-9(10(20-2)4-8(7)13)16-11(19)5-21-12-17-15-6-18(12)14/h3-4,6H,5,14H2,1-2H3,(H,16,19). The van der Waals surface area contributed by atoms with Crippen molar-refractivity contribution in [1.29, 1.82) is 0 Å². The molecule has 0 bridgehead atoms. The maximum Gasteiger partial charge on any atom is 0.234 e. The van der Waals surface area contributed by atoms with E-state index in [0.29, 0.717) is 21.6 Å². The Balaban J connectivity index is 2.02. The number of anilines is 1. The van der Waals surface area contributed by atoms with E-state index in [1.54, 1.807) is 12.1 Å². The maximum atomic E-state index is 12.0. The number of nitrogens with two attached hydrogens (primary N) is 1. The van der Waals surface area contributed by atoms with Crippen LogP contribution >= 0.6 is 23.4 Å². The van der Waals surface area contributed by atoms with Gasteiger partial charge in [0, 0.05) is 11.1 Å². The van der Waals surface area contributed by atoms with Crippen LogP contribution in [-0.2, 0) is 4.79 Å². The highest BCUT2D eigenvalue weighted by Gasteiger charge is 2.12. The van der Waals surface area contributed by atoms with Crippen LogP contribution in [0.4, 0.5) is 5.69 Å². The molecule has 1 aromatic carbocycles. The van der Waals surface area contributed by atoms with Gasteiger partial charge in [0.05, 0.1) is 18.6 Å². The highest BCUT2D eigenvalue weighted by molar-refractivity contribution is 7.99. The zero-order valence-electron chi connectivity index (χ0n) is 11.5. The molecule has 0 saturated carbocycles. The lowest BCUT2D eigenvalue weighted by Crippen LogP contribution is -2.16. The smallest absolute Gasteiger partial charge is 0.234 e. The van der Waals surface area contributed by atoms with E-state index in [1.807, 2.05) is 6.92 Å². The lowest BCUT2D eigenvalue weighted by Gasteiger charge is -2.12. The predicted octanol–water partition coefficient (Wildman–Crippen LogP) is 1.69. The minimum absolute atomic E-state index is 0.153. The molecule has 112 valence electrons. The zero-order chi connectivity index (χ0) is 15.4. The van der Waals surface area contributed by atoms with Crippen molar-refractivity contribution in [2.45, 2.75) is 12.1 Å². The van der Waals surface area contributed by atoms with Gasteiger partial charge in [-0.3, -0.25) is 4.79 Å². The van der Waals surface area contributed by atoms with Crippen LogP contribution in [0, 0.1) is 6.92 Å². The van der Waals surface area contributed by atoms with Crippen molar-refractivity contribution >= 4 is 35.0 Å². The van der Waals surface area contributed by atoms with Crippen molar-refractivity contribution in [3.63, 3.8) is 0 Å². The molecule has 0 fully saturated rings. The van der Waals surface area contributed by atoms with Crippen LogP contribution in [0.5, 0.6) is 5.75 Å². The SMILES string of the molecule is COc1cc(Cl)c(C)cc1NC(=O)CSc1nncn1N. The summed E-state index contributed by atoms with van der Waals surface area (Å²) in [6.45, 7) is 1.85. The molecule has 9 heteroatoms. The fourth-order valence-electron chi connectivity index (χ4n) is 1.58. The van der Waals surface area contributed by atoms with Gasteiger partial charge in [-0.25, -0.2) is 4.68 Å². The predicted molar refractivity (Wildman–Crippen MR) is 82.3 cm³/mol. The van der Waals surface area contributed by atoms with Crippen molar-refractivity contribution in [3.8, 4) is 5.75 Å². The average Bonchev–Trinajstić information content (AvgIpc) is 2.86. The third-order valence-electron chi connectivity index (χ3n) is 2.63. The van der Waals surface area contributed by atoms with E-state index in [9.17, 15) is 4.79 Å². The molecule has 0 radical (unpaired) electrons. The van der Waals surface area contributed by atoms with Crippen LogP contribution in [0.2, 0.25) is 5.02 Å². The Labute approximate surface area is 130 Å². The summed E-state index contributed by atoms with van der Waals surface area (Å²) < 4.78 is 6.45. The summed E-state index contributed by atoms with van der Waals surface area (Å²) in [7, 11) is 1.52. The number of aryl methyl sites for hydroxylation is 1. The van der Waals surface area contributed by atoms with Crippen molar-refractivity contribution in [2.24, 2.45) is 0 Å². The van der Waals surface area contributed by atoms with Gasteiger partial charge in [0.2, 0.25) is 11.1 Å². The van der Waals surface area contributed by atoms with Gasteiger partial charge in [-0.1, -0.05) is 23.4 Å². The molecule has 0 saturated heterocycles. The first-order valence-corrected chi connectivity index (χ1v) is 7.29. The Morgan fingerprint density at radius 1 is 1.57 bits per heavy atom. The Hall–Kier alpha value is -1.93. The minimum Gasteiger partial charge on any atom is -0.495 e. The first kappa shape index (κ1) is 15.5. The van der Waals surface area contributed by atoms with Crippen LogP contribution < -0.4 is 15.9 Å². The van der Waals surface area contributed by atoms with Crippen molar-refractivity contribution in [1.82, 2.24) is 14.9 Å². The van der Waals surface area contributed by atoms with Crippen LogP contribution in [0.25, 0.3) is 0 Å². The van der Waals surface area contributed by atoms with Gasteiger partial charge in [-0.2, -0.15) is 0 Å². The Morgan fingerprint density at radius 2 is 2.33 bits per heavy atom. The molecule has 0 spiro atoms. The molecule has 1 aromatic heterocycles. The number of methoxy groups -OCH3 is 1. The zero-order valence-corrected chi connectivity index (χ0v) is 13.0. The van der Waals surface area contributed by atoms with E-state index in [1.165, 1.54) is 29.9 Å². The number of amides is 1. The molecule has 1 heterocycles. The topological polar surface area (TPSA) is 95.1 Å². The van der Waals surface area contributed by atoms with E-state index in [2.05, 4.69) is 15.5 Å². The third-order valence-corrected chi connectivity index (χ3v) is 3.99. The molecule has 0 atom stereocenters. The van der Waals surface area contributed by atoms with Crippen LogP contribution in [-0.4, -0.2) is 33.6 Å². The summed E-state index contributed by atoms with van der Waals surface area (Å²) in [5.41, 5.74) is 1.42. The number of carbonyl (C=O) groups excluding carboxylic acids is 1. The minimum atomic E-state index is -0.206. The first-order valence-electron chi connectivity index (χ1n) is 5.93. The number of ether oxygens (including phenoxy) is 1. The maximum absolute atomic E-state index is 12.0. The van der Waals surface area contributed by atoms with Gasteiger partial charge in [-0.15, -0.1) is 10.2 Å². The largest absolute Gasteiger partial charge is 0.495 e. The van der Waals surface area contributed by atoms with E-state index < -0.39 is 0 Å². The molecular weight excluding hydrogens is 314 g/mol. The number of thioether (sulfide) groups is 1. The monoisotopic (exact) mass is 327 g/mol. The summed E-state index contributed by atoms with van der Waals surface area (Å²) in [5.74, 6) is 6.02. The Bertz CT molecular complexity index is 661. The highest BCUT2D eigenvalue weighted by atomic mass is 35.5. The Kier molecular flexibility index (Phi) is 4.92. The van der Waals surface area contributed by atoms with Crippen LogP contribution in [0.15, 0.2) is 23.6 Å². The van der Waals surface area contributed by atoms with Gasteiger partial charge in [0.25, 0.3) is 0 Å². The lowest BCUT2D eigenvalue weighted by molar-refractivity contribution is -0.113. The van der Waals surface area contributed by atoms with Gasteiger partial charge >= 0.3 is 0 Å². The number of carbonyl (C=O) groups is 1. The number of hydrogen-bond acceptors (Lipinski definition) is 6. The first-order chi connectivity index (χ1) is 10.0. The summed E-state index contributed by atoms with van der Waals surface area (Å²) in [6.07, 6.45) is 1.37. The fraction of sp³-hybridized carbons (Fsp3) is 0.250. The van der Waals surface area contributed by atoms with E-state index in [-0.39, 0.29) is 11.7 Å². The normalized spacial score (nSPS) is 10.4. The second-order valence-corrected chi connectivity index (χ2v) is 5.51. The van der Waals surface area contributed by atoms with E-state index in [4.69, 9.17) is 22.2 Å². The van der Waals surface area contributed by atoms with Crippen LogP contribution in [0.3, 0.4) is 0 Å². The summed E-state index contributed by atoms with van der Waals surface area (Å²) in [5, 5.41) is 11.2. The number of nitrogens with one attached hydrogen (secondary N) is 1. The summed E-state index contributed by atoms with van der Waals surface area (Å²) in [4.78, 5) is 12.0. The molecule has 3 N–H and O–H groups in total. The summed E-state index contributed by atoms with van der Waals surface area (Å²) in [6, 6.07) is 3.42. The number of hydrogen-bond donors (Lipinski definition) is 2. The van der Waals surface area contributed by atoms with Crippen molar-refractivity contribution < 1.29 is 9.53 Å². The number of benzene rings is 1. The number of nitrogens with zero attached hydrogens (tertiary/aromatic N) is 3. The molecule has 2 aromatic rings. The molecule has 0 aliphatic rings. The van der Waals surface area contributed by atoms with E-state index in [0.717, 1.165) is 5.56 Å². The van der Waals surface area contributed by atoms with Gasteiger partial charge in [0.1, 0.15) is 12.1 Å². The molecule has 0 unspecified atom stereocenters. The number of aromatic nitrogens is 3. The van der Waals surface area contributed by atoms with Gasteiger partial charge < -0.3 is 15.9 Å². The van der Waals surface area contributed by atoms with Gasteiger partial charge in [-0.05, 0) is 18.6 Å². The van der Waals surface area contributed by atoms with Crippen molar-refractivity contribution in [2.75, 3.05) is 24.0 Å². The second-order valence-electron chi connectivity index (χ2n) is 4.16.